The molecule has 0 aliphatic heterocycles. The standard InChI is InChI=1S/C19H26N2/c1-5-20-16(4)17-11-13-18(14-12-17)21(6-2)19-10-8-7-9-15(19)3/h7-14,16,20H,5-6H2,1-4H3. The van der Waals surface area contributed by atoms with Gasteiger partial charge in [0.25, 0.3) is 0 Å². The number of anilines is 2. The monoisotopic (exact) mass is 282 g/mol. The number of nitrogens with one attached hydrogen (secondary N) is 1. The Bertz CT molecular complexity index is 560. The number of aryl methyl sites for hydroxylation is 1. The molecule has 0 radical (unpaired) electrons. The number of hydrogen-bond acceptors (Lipinski definition) is 2. The van der Waals surface area contributed by atoms with E-state index in [1.165, 1.54) is 22.5 Å². The van der Waals surface area contributed by atoms with E-state index in [0.717, 1.165) is 13.1 Å². The molecule has 2 aromatic rings. The molecule has 21 heavy (non-hydrogen) atoms. The van der Waals surface area contributed by atoms with Crippen molar-refractivity contribution in [3.05, 3.63) is 59.7 Å². The average molecular weight is 282 g/mol. The lowest BCUT2D eigenvalue weighted by molar-refractivity contribution is 0.598. The number of rotatable bonds is 6. The molecule has 112 valence electrons. The fourth-order valence-electron chi connectivity index (χ4n) is 2.73. The topological polar surface area (TPSA) is 15.3 Å². The molecule has 0 aliphatic carbocycles. The molecule has 2 aromatic carbocycles. The second-order valence-electron chi connectivity index (χ2n) is 5.40. The van der Waals surface area contributed by atoms with Gasteiger partial charge in [-0.15, -0.1) is 0 Å². The van der Waals surface area contributed by atoms with E-state index in [1.54, 1.807) is 0 Å². The molecule has 0 saturated carbocycles. The van der Waals surface area contributed by atoms with E-state index in [-0.39, 0.29) is 0 Å². The Morgan fingerprint density at radius 3 is 2.24 bits per heavy atom. The quantitative estimate of drug-likeness (QED) is 0.817. The van der Waals surface area contributed by atoms with E-state index < -0.39 is 0 Å². The lowest BCUT2D eigenvalue weighted by Gasteiger charge is -2.25. The molecule has 2 heteroatoms. The maximum atomic E-state index is 3.45. The van der Waals surface area contributed by atoms with Gasteiger partial charge in [-0.05, 0) is 56.6 Å². The number of nitrogens with zero attached hydrogens (tertiary/aromatic N) is 1. The lowest BCUT2D eigenvalue weighted by Crippen LogP contribution is -2.19. The van der Waals surface area contributed by atoms with Crippen LogP contribution in [0.4, 0.5) is 11.4 Å². The van der Waals surface area contributed by atoms with Crippen LogP contribution < -0.4 is 10.2 Å². The molecule has 0 fully saturated rings. The first-order valence-corrected chi connectivity index (χ1v) is 7.83. The van der Waals surface area contributed by atoms with E-state index in [9.17, 15) is 0 Å². The van der Waals surface area contributed by atoms with Crippen LogP contribution in [-0.2, 0) is 0 Å². The first-order valence-electron chi connectivity index (χ1n) is 7.83. The van der Waals surface area contributed by atoms with Gasteiger partial charge < -0.3 is 10.2 Å². The summed E-state index contributed by atoms with van der Waals surface area (Å²) in [5.41, 5.74) is 5.18. The number of para-hydroxylation sites is 1. The molecule has 0 spiro atoms. The van der Waals surface area contributed by atoms with Gasteiger partial charge in [-0.1, -0.05) is 37.3 Å². The summed E-state index contributed by atoms with van der Waals surface area (Å²) in [5, 5.41) is 3.45. The third kappa shape index (κ3) is 3.64. The van der Waals surface area contributed by atoms with Crippen LogP contribution in [0.5, 0.6) is 0 Å². The summed E-state index contributed by atoms with van der Waals surface area (Å²) in [6.07, 6.45) is 0. The van der Waals surface area contributed by atoms with Crippen molar-refractivity contribution in [2.75, 3.05) is 18.0 Å². The fourth-order valence-corrected chi connectivity index (χ4v) is 2.73. The van der Waals surface area contributed by atoms with Crippen LogP contribution in [-0.4, -0.2) is 13.1 Å². The van der Waals surface area contributed by atoms with Gasteiger partial charge in [0, 0.05) is 24.0 Å². The zero-order chi connectivity index (χ0) is 15.2. The highest BCUT2D eigenvalue weighted by molar-refractivity contribution is 5.66. The Kier molecular flexibility index (Phi) is 5.40. The Morgan fingerprint density at radius 2 is 1.67 bits per heavy atom. The van der Waals surface area contributed by atoms with Crippen molar-refractivity contribution >= 4 is 11.4 Å². The van der Waals surface area contributed by atoms with Crippen molar-refractivity contribution in [1.29, 1.82) is 0 Å². The van der Waals surface area contributed by atoms with Gasteiger partial charge in [0.15, 0.2) is 0 Å². The summed E-state index contributed by atoms with van der Waals surface area (Å²) in [7, 11) is 0. The molecule has 1 atom stereocenters. The zero-order valence-corrected chi connectivity index (χ0v) is 13.6. The molecular formula is C19H26N2. The molecule has 1 N–H and O–H groups in total. The normalized spacial score (nSPS) is 12.2. The summed E-state index contributed by atoms with van der Waals surface area (Å²) in [4.78, 5) is 2.36. The van der Waals surface area contributed by atoms with Gasteiger partial charge in [0.1, 0.15) is 0 Å². The van der Waals surface area contributed by atoms with Crippen LogP contribution in [0.1, 0.15) is 37.9 Å². The highest BCUT2D eigenvalue weighted by Crippen LogP contribution is 2.28. The predicted molar refractivity (Wildman–Crippen MR) is 92.4 cm³/mol. The third-order valence-corrected chi connectivity index (χ3v) is 3.94. The van der Waals surface area contributed by atoms with Gasteiger partial charge in [0.05, 0.1) is 0 Å². The zero-order valence-electron chi connectivity index (χ0n) is 13.6. The first kappa shape index (κ1) is 15.6. The van der Waals surface area contributed by atoms with Crippen molar-refractivity contribution in [2.45, 2.75) is 33.7 Å². The van der Waals surface area contributed by atoms with Gasteiger partial charge in [-0.2, -0.15) is 0 Å². The summed E-state index contributed by atoms with van der Waals surface area (Å²) in [5.74, 6) is 0. The van der Waals surface area contributed by atoms with Crippen LogP contribution in [0.3, 0.4) is 0 Å². The highest BCUT2D eigenvalue weighted by Gasteiger charge is 2.10. The summed E-state index contributed by atoms with van der Waals surface area (Å²) < 4.78 is 0. The van der Waals surface area contributed by atoms with Crippen LogP contribution in [0.2, 0.25) is 0 Å². The molecule has 0 amide bonds. The Balaban J connectivity index is 2.26. The van der Waals surface area contributed by atoms with Crippen molar-refractivity contribution in [3.63, 3.8) is 0 Å². The molecule has 0 aliphatic rings. The average Bonchev–Trinajstić information content (AvgIpc) is 2.51. The van der Waals surface area contributed by atoms with E-state index in [4.69, 9.17) is 0 Å². The minimum Gasteiger partial charge on any atom is -0.342 e. The third-order valence-electron chi connectivity index (χ3n) is 3.94. The second kappa shape index (κ2) is 7.28. The molecule has 0 aromatic heterocycles. The Morgan fingerprint density at radius 1 is 1.00 bits per heavy atom. The number of benzene rings is 2. The lowest BCUT2D eigenvalue weighted by atomic mass is 10.1. The highest BCUT2D eigenvalue weighted by atomic mass is 15.1. The summed E-state index contributed by atoms with van der Waals surface area (Å²) in [6, 6.07) is 17.8. The van der Waals surface area contributed by atoms with Crippen LogP contribution in [0, 0.1) is 6.92 Å². The molecule has 2 nitrogen and oxygen atoms in total. The van der Waals surface area contributed by atoms with Gasteiger partial charge in [0.2, 0.25) is 0 Å². The van der Waals surface area contributed by atoms with Crippen molar-refractivity contribution in [2.24, 2.45) is 0 Å². The predicted octanol–water partition coefficient (Wildman–Crippen LogP) is 4.82. The Hall–Kier alpha value is -1.80. The van der Waals surface area contributed by atoms with Gasteiger partial charge >= 0.3 is 0 Å². The number of hydrogen-bond donors (Lipinski definition) is 1. The molecule has 2 rings (SSSR count). The molecule has 0 heterocycles. The molecule has 0 saturated heterocycles. The second-order valence-corrected chi connectivity index (χ2v) is 5.40. The van der Waals surface area contributed by atoms with Crippen molar-refractivity contribution < 1.29 is 0 Å². The van der Waals surface area contributed by atoms with Crippen LogP contribution >= 0.6 is 0 Å². The summed E-state index contributed by atoms with van der Waals surface area (Å²) in [6.45, 7) is 10.7. The largest absolute Gasteiger partial charge is 0.342 e. The maximum absolute atomic E-state index is 3.45. The molecule has 0 bridgehead atoms. The van der Waals surface area contributed by atoms with Crippen LogP contribution in [0.15, 0.2) is 48.5 Å². The summed E-state index contributed by atoms with van der Waals surface area (Å²) >= 11 is 0. The fraction of sp³-hybridized carbons (Fsp3) is 0.368. The van der Waals surface area contributed by atoms with E-state index in [0.29, 0.717) is 6.04 Å². The molecule has 1 unspecified atom stereocenters. The van der Waals surface area contributed by atoms with Crippen molar-refractivity contribution in [3.8, 4) is 0 Å². The van der Waals surface area contributed by atoms with Gasteiger partial charge in [-0.25, -0.2) is 0 Å². The Labute approximate surface area is 128 Å². The molecular weight excluding hydrogens is 256 g/mol. The minimum atomic E-state index is 0.401. The van der Waals surface area contributed by atoms with E-state index >= 15 is 0 Å². The van der Waals surface area contributed by atoms with E-state index in [2.05, 4.69) is 86.4 Å². The van der Waals surface area contributed by atoms with Crippen LogP contribution in [0.25, 0.3) is 0 Å². The van der Waals surface area contributed by atoms with Crippen molar-refractivity contribution in [1.82, 2.24) is 5.32 Å². The first-order chi connectivity index (χ1) is 10.2. The minimum absolute atomic E-state index is 0.401. The maximum Gasteiger partial charge on any atom is 0.0440 e. The van der Waals surface area contributed by atoms with E-state index in [1.807, 2.05) is 0 Å². The van der Waals surface area contributed by atoms with Gasteiger partial charge in [-0.3, -0.25) is 0 Å². The SMILES string of the molecule is CCNC(C)c1ccc(N(CC)c2ccccc2C)cc1. The smallest absolute Gasteiger partial charge is 0.0440 e.